The highest BCUT2D eigenvalue weighted by atomic mass is 16.2. The first-order valence-corrected chi connectivity index (χ1v) is 4.76. The van der Waals surface area contributed by atoms with E-state index in [1.54, 1.807) is 0 Å². The van der Waals surface area contributed by atoms with Crippen molar-refractivity contribution >= 4 is 19.2 Å². The average molecular weight is 195 g/mol. The monoisotopic (exact) mass is 195 g/mol. The molecule has 0 aromatic heterocycles. The highest BCUT2D eigenvalue weighted by Crippen LogP contribution is 2.34. The van der Waals surface area contributed by atoms with Crippen LogP contribution in [0, 0.1) is 11.8 Å². The van der Waals surface area contributed by atoms with Gasteiger partial charge in [-0.15, -0.1) is 0 Å². The van der Waals surface area contributed by atoms with Gasteiger partial charge in [-0.1, -0.05) is 19.0 Å². The van der Waals surface area contributed by atoms with Gasteiger partial charge in [-0.2, -0.15) is 0 Å². The predicted octanol–water partition coefficient (Wildman–Crippen LogP) is -0.430. The molecule has 1 rings (SSSR count). The number of rotatable bonds is 3. The number of carbonyl (C=O) groups excluding carboxylic acids is 2. The molecule has 0 aromatic rings. The highest BCUT2D eigenvalue weighted by molar-refractivity contribution is 6.35. The molecule has 3 N–H and O–H groups in total. The maximum absolute atomic E-state index is 11.6. The molecule has 1 fully saturated rings. The van der Waals surface area contributed by atoms with Gasteiger partial charge in [0.05, 0.1) is 11.8 Å². The van der Waals surface area contributed by atoms with E-state index < -0.39 is 11.8 Å². The Hall–Kier alpha value is -1.26. The number of primary amides is 1. The largest absolute Gasteiger partial charge is 0.402 e. The molecule has 0 unspecified atom stereocenters. The number of carbonyl (C=O) groups is 2. The SMILES string of the molecule is [2H]NC(=O)[C@H]1CC(=C)C[C@H]1C(=O)NBC. The van der Waals surface area contributed by atoms with Crippen molar-refractivity contribution in [3.05, 3.63) is 12.2 Å². The molecule has 2 atom stereocenters. The summed E-state index contributed by atoms with van der Waals surface area (Å²) in [6.45, 7) is 5.63. The standard InChI is InChI=1S/C9H15BN2O2/c1-5-3-6(8(11)13)7(4-5)9(14)12-10-2/h6-7,10H,1,3-4H2,2H3,(H2,11,13)(H,12,14)/t6-,7+/m0/s1/i/hD. The first kappa shape index (κ1) is 9.31. The summed E-state index contributed by atoms with van der Waals surface area (Å²) in [4.78, 5) is 23.0. The lowest BCUT2D eigenvalue weighted by molar-refractivity contribution is -0.131. The van der Waals surface area contributed by atoms with Crippen LogP contribution in [-0.4, -0.2) is 19.2 Å². The summed E-state index contributed by atoms with van der Waals surface area (Å²) in [7, 11) is 0.553. The fraction of sp³-hybridized carbons (Fsp3) is 0.556. The van der Waals surface area contributed by atoms with Crippen molar-refractivity contribution in [3.8, 4) is 0 Å². The molecule has 0 aromatic carbocycles. The van der Waals surface area contributed by atoms with Crippen molar-refractivity contribution in [2.45, 2.75) is 19.7 Å². The number of nitrogens with one attached hydrogen (secondary N) is 1. The van der Waals surface area contributed by atoms with Crippen LogP contribution in [0.3, 0.4) is 0 Å². The Kier molecular flexibility index (Phi) is 2.86. The molecule has 14 heavy (non-hydrogen) atoms. The first-order chi connectivity index (χ1) is 7.10. The minimum absolute atomic E-state index is 0.121. The highest BCUT2D eigenvalue weighted by Gasteiger charge is 2.37. The van der Waals surface area contributed by atoms with Crippen LogP contribution in [-0.2, 0) is 9.59 Å². The molecule has 1 aliphatic carbocycles. The maximum Gasteiger partial charge on any atom is 0.232 e. The molecule has 0 bridgehead atoms. The zero-order valence-electron chi connectivity index (χ0n) is 9.30. The normalized spacial score (nSPS) is 26.6. The predicted molar refractivity (Wildman–Crippen MR) is 55.7 cm³/mol. The molecule has 0 saturated heterocycles. The van der Waals surface area contributed by atoms with Crippen LogP contribution in [0.4, 0.5) is 0 Å². The van der Waals surface area contributed by atoms with Crippen LogP contribution in [0.5, 0.6) is 0 Å². The third-order valence-electron chi connectivity index (χ3n) is 2.53. The molecular formula is C9H15BN2O2. The van der Waals surface area contributed by atoms with Crippen molar-refractivity contribution in [2.24, 2.45) is 17.6 Å². The van der Waals surface area contributed by atoms with E-state index in [1.165, 1.54) is 0 Å². The van der Waals surface area contributed by atoms with Gasteiger partial charge in [0.25, 0.3) is 0 Å². The van der Waals surface area contributed by atoms with Crippen LogP contribution in [0.2, 0.25) is 8.23 Å². The molecular weight excluding hydrogens is 179 g/mol. The van der Waals surface area contributed by atoms with Crippen molar-refractivity contribution in [2.75, 3.05) is 0 Å². The zero-order chi connectivity index (χ0) is 11.4. The Morgan fingerprint density at radius 3 is 2.86 bits per heavy atom. The van der Waals surface area contributed by atoms with E-state index in [0.717, 1.165) is 5.57 Å². The number of nitrogens with two attached hydrogens (primary N) is 1. The Balaban J connectivity index is 2.72. The van der Waals surface area contributed by atoms with Gasteiger partial charge in [0.15, 0.2) is 1.41 Å². The summed E-state index contributed by atoms with van der Waals surface area (Å²) in [6.07, 6.45) is 1.05. The second-order valence-electron chi connectivity index (χ2n) is 3.63. The average Bonchev–Trinajstić information content (AvgIpc) is 2.59. The minimum Gasteiger partial charge on any atom is -0.402 e. The Bertz CT molecular complexity index is 296. The molecule has 0 spiro atoms. The van der Waals surface area contributed by atoms with E-state index in [9.17, 15) is 9.59 Å². The van der Waals surface area contributed by atoms with Crippen LogP contribution in [0.1, 0.15) is 12.8 Å². The van der Waals surface area contributed by atoms with Crippen molar-refractivity contribution in [1.82, 2.24) is 5.23 Å². The molecule has 5 heteroatoms. The zero-order valence-corrected chi connectivity index (χ0v) is 8.30. The number of hydrogen-bond donors (Lipinski definition) is 2. The molecule has 4 nitrogen and oxygen atoms in total. The molecule has 2 amide bonds. The van der Waals surface area contributed by atoms with E-state index in [-0.39, 0.29) is 11.8 Å². The number of hydrogen-bond acceptors (Lipinski definition) is 2. The summed E-state index contributed by atoms with van der Waals surface area (Å²) in [6, 6.07) is 0. The van der Waals surface area contributed by atoms with E-state index in [2.05, 4.69) is 11.8 Å². The molecule has 76 valence electrons. The van der Waals surface area contributed by atoms with Gasteiger partial charge < -0.3 is 11.0 Å². The lowest BCUT2D eigenvalue weighted by Gasteiger charge is -2.14. The van der Waals surface area contributed by atoms with Gasteiger partial charge in [0, 0.05) is 0 Å². The van der Waals surface area contributed by atoms with Gasteiger partial charge in [-0.25, -0.2) is 0 Å². The van der Waals surface area contributed by atoms with Crippen LogP contribution >= 0.6 is 0 Å². The summed E-state index contributed by atoms with van der Waals surface area (Å²) in [5.41, 5.74) is 2.75. The van der Waals surface area contributed by atoms with Crippen LogP contribution < -0.4 is 11.0 Å². The summed E-state index contributed by atoms with van der Waals surface area (Å²) in [5, 5.41) is 2.70. The molecule has 0 aliphatic heterocycles. The van der Waals surface area contributed by atoms with Crippen LogP contribution in [0.15, 0.2) is 12.2 Å². The second-order valence-corrected chi connectivity index (χ2v) is 3.63. The molecule has 0 heterocycles. The van der Waals surface area contributed by atoms with E-state index in [4.69, 9.17) is 1.41 Å². The quantitative estimate of drug-likeness (QED) is 0.473. The summed E-state index contributed by atoms with van der Waals surface area (Å²) in [5.74, 6) is -1.31. The summed E-state index contributed by atoms with van der Waals surface area (Å²) >= 11 is 0. The second kappa shape index (κ2) is 4.31. The molecule has 1 saturated carbocycles. The van der Waals surface area contributed by atoms with Crippen molar-refractivity contribution < 1.29 is 11.0 Å². The van der Waals surface area contributed by atoms with Gasteiger partial charge in [-0.05, 0) is 12.8 Å². The molecule has 0 radical (unpaired) electrons. The van der Waals surface area contributed by atoms with Gasteiger partial charge in [0.2, 0.25) is 19.2 Å². The minimum atomic E-state index is -0.429. The van der Waals surface area contributed by atoms with Gasteiger partial charge in [0.1, 0.15) is 0 Å². The van der Waals surface area contributed by atoms with E-state index in [1.807, 2.05) is 12.5 Å². The van der Waals surface area contributed by atoms with Crippen LogP contribution in [0.25, 0.3) is 0 Å². The van der Waals surface area contributed by atoms with E-state index in [0.29, 0.717) is 20.3 Å². The molecule has 1 aliphatic rings. The lowest BCUT2D eigenvalue weighted by atomic mass is 9.91. The summed E-state index contributed by atoms with van der Waals surface area (Å²) < 4.78 is 6.81. The third-order valence-corrected chi connectivity index (χ3v) is 2.53. The Labute approximate surface area is 85.6 Å². The van der Waals surface area contributed by atoms with Gasteiger partial charge >= 0.3 is 0 Å². The van der Waals surface area contributed by atoms with Crippen molar-refractivity contribution in [1.29, 1.82) is 0 Å². The fourth-order valence-corrected chi connectivity index (χ4v) is 1.85. The fourth-order valence-electron chi connectivity index (χ4n) is 1.85. The first-order valence-electron chi connectivity index (χ1n) is 5.26. The number of allylic oxidation sites excluding steroid dienone is 1. The number of amides is 2. The maximum atomic E-state index is 11.6. The smallest absolute Gasteiger partial charge is 0.232 e. The van der Waals surface area contributed by atoms with E-state index >= 15 is 0 Å². The van der Waals surface area contributed by atoms with Crippen molar-refractivity contribution in [3.63, 3.8) is 0 Å². The topological polar surface area (TPSA) is 72.2 Å². The van der Waals surface area contributed by atoms with Gasteiger partial charge in [-0.3, -0.25) is 9.59 Å². The Morgan fingerprint density at radius 2 is 2.29 bits per heavy atom. The Morgan fingerprint density at radius 1 is 1.64 bits per heavy atom. The lowest BCUT2D eigenvalue weighted by Crippen LogP contribution is -2.38. The third kappa shape index (κ3) is 2.16.